The second-order valence-corrected chi connectivity index (χ2v) is 6.61. The van der Waals surface area contributed by atoms with Crippen molar-refractivity contribution in [2.45, 2.75) is 12.5 Å². The molecular formula is C21H17Cl2NO. The number of carbonyl (C=O) groups excluding carboxylic acids is 1. The summed E-state index contributed by atoms with van der Waals surface area (Å²) >= 11 is 12.0. The molecule has 3 aromatic rings. The minimum atomic E-state index is -0.418. The van der Waals surface area contributed by atoms with Gasteiger partial charge in [-0.2, -0.15) is 0 Å². The van der Waals surface area contributed by atoms with Gasteiger partial charge in [0.2, 0.25) is 5.91 Å². The number of benzene rings is 3. The Morgan fingerprint density at radius 2 is 1.24 bits per heavy atom. The van der Waals surface area contributed by atoms with E-state index >= 15 is 0 Å². The van der Waals surface area contributed by atoms with E-state index < -0.39 is 5.92 Å². The zero-order chi connectivity index (χ0) is 17.6. The summed E-state index contributed by atoms with van der Waals surface area (Å²) in [6.07, 6.45) is 0. The van der Waals surface area contributed by atoms with E-state index in [0.29, 0.717) is 16.6 Å². The summed E-state index contributed by atoms with van der Waals surface area (Å²) in [4.78, 5) is 12.9. The molecule has 25 heavy (non-hydrogen) atoms. The van der Waals surface area contributed by atoms with Crippen molar-refractivity contribution in [3.05, 3.63) is 106 Å². The molecule has 0 fully saturated rings. The van der Waals surface area contributed by atoms with Crippen LogP contribution in [0.4, 0.5) is 0 Å². The van der Waals surface area contributed by atoms with Crippen LogP contribution in [0.2, 0.25) is 10.0 Å². The van der Waals surface area contributed by atoms with Crippen molar-refractivity contribution in [3.8, 4) is 0 Å². The van der Waals surface area contributed by atoms with E-state index in [2.05, 4.69) is 5.32 Å². The zero-order valence-corrected chi connectivity index (χ0v) is 15.0. The van der Waals surface area contributed by atoms with Crippen molar-refractivity contribution in [2.75, 3.05) is 0 Å². The van der Waals surface area contributed by atoms with Gasteiger partial charge in [-0.15, -0.1) is 0 Å². The molecule has 0 bridgehead atoms. The van der Waals surface area contributed by atoms with Gasteiger partial charge in [0.25, 0.3) is 0 Å². The first-order valence-electron chi connectivity index (χ1n) is 7.96. The lowest BCUT2D eigenvalue weighted by molar-refractivity contribution is -0.121. The highest BCUT2D eigenvalue weighted by Gasteiger charge is 2.22. The van der Waals surface area contributed by atoms with Gasteiger partial charge >= 0.3 is 0 Å². The molecule has 0 saturated carbocycles. The van der Waals surface area contributed by atoms with Gasteiger partial charge in [-0.1, -0.05) is 77.8 Å². The van der Waals surface area contributed by atoms with Crippen LogP contribution in [0, 0.1) is 0 Å². The number of nitrogens with one attached hydrogen (secondary N) is 1. The van der Waals surface area contributed by atoms with Crippen LogP contribution in [0.15, 0.2) is 78.9 Å². The highest BCUT2D eigenvalue weighted by atomic mass is 35.5. The van der Waals surface area contributed by atoms with Gasteiger partial charge in [-0.3, -0.25) is 4.79 Å². The van der Waals surface area contributed by atoms with Crippen LogP contribution in [-0.4, -0.2) is 5.91 Å². The number of hydrogen-bond acceptors (Lipinski definition) is 1. The topological polar surface area (TPSA) is 29.1 Å². The summed E-state index contributed by atoms with van der Waals surface area (Å²) < 4.78 is 0. The highest BCUT2D eigenvalue weighted by Crippen LogP contribution is 2.27. The maximum atomic E-state index is 12.9. The van der Waals surface area contributed by atoms with Crippen LogP contribution in [0.3, 0.4) is 0 Å². The zero-order valence-electron chi connectivity index (χ0n) is 13.5. The number of carbonyl (C=O) groups is 1. The molecule has 0 saturated heterocycles. The van der Waals surface area contributed by atoms with Gasteiger partial charge in [0.05, 0.1) is 5.92 Å². The molecule has 3 aromatic carbocycles. The third-order valence-electron chi connectivity index (χ3n) is 3.98. The van der Waals surface area contributed by atoms with E-state index in [1.165, 1.54) is 0 Å². The van der Waals surface area contributed by atoms with Crippen LogP contribution < -0.4 is 5.32 Å². The molecule has 0 aliphatic carbocycles. The first-order chi connectivity index (χ1) is 12.1. The van der Waals surface area contributed by atoms with E-state index in [1.54, 1.807) is 24.3 Å². The summed E-state index contributed by atoms with van der Waals surface area (Å²) in [5, 5.41) is 4.30. The van der Waals surface area contributed by atoms with Gasteiger partial charge in [-0.05, 0) is 41.0 Å². The fourth-order valence-corrected chi connectivity index (χ4v) is 2.94. The molecule has 0 spiro atoms. The van der Waals surface area contributed by atoms with Crippen LogP contribution in [0.25, 0.3) is 0 Å². The molecule has 0 aromatic heterocycles. The van der Waals surface area contributed by atoms with Crippen molar-refractivity contribution in [1.29, 1.82) is 0 Å². The van der Waals surface area contributed by atoms with Crippen molar-refractivity contribution >= 4 is 29.1 Å². The Balaban J connectivity index is 1.86. The Hall–Kier alpha value is -2.29. The predicted molar refractivity (Wildman–Crippen MR) is 103 cm³/mol. The molecule has 126 valence electrons. The fraction of sp³-hybridized carbons (Fsp3) is 0.0952. The first-order valence-corrected chi connectivity index (χ1v) is 8.71. The smallest absolute Gasteiger partial charge is 0.232 e. The summed E-state index contributed by atoms with van der Waals surface area (Å²) in [5.41, 5.74) is 2.83. The van der Waals surface area contributed by atoms with Gasteiger partial charge < -0.3 is 5.32 Å². The third kappa shape index (κ3) is 4.62. The molecule has 4 heteroatoms. The van der Waals surface area contributed by atoms with E-state index in [0.717, 1.165) is 16.7 Å². The Labute approximate surface area is 157 Å². The lowest BCUT2D eigenvalue weighted by atomic mass is 9.90. The standard InChI is InChI=1S/C21H17Cl2NO/c22-18-10-6-16(7-11-18)20(17-8-12-19(23)13-9-17)21(25)24-14-15-4-2-1-3-5-15/h1-13,20H,14H2,(H,24,25). The number of halogens is 2. The molecule has 2 nitrogen and oxygen atoms in total. The summed E-state index contributed by atoms with van der Waals surface area (Å²) in [6.45, 7) is 0.483. The molecule has 0 aliphatic heterocycles. The molecule has 0 radical (unpaired) electrons. The largest absolute Gasteiger partial charge is 0.351 e. The molecule has 0 atom stereocenters. The molecule has 1 N–H and O–H groups in total. The average molecular weight is 370 g/mol. The van der Waals surface area contributed by atoms with Crippen LogP contribution >= 0.6 is 23.2 Å². The van der Waals surface area contributed by atoms with Crippen molar-refractivity contribution in [1.82, 2.24) is 5.32 Å². The van der Waals surface area contributed by atoms with Gasteiger partial charge in [-0.25, -0.2) is 0 Å². The fourth-order valence-electron chi connectivity index (χ4n) is 2.69. The van der Waals surface area contributed by atoms with E-state index in [1.807, 2.05) is 54.6 Å². The van der Waals surface area contributed by atoms with Gasteiger partial charge in [0.1, 0.15) is 0 Å². The van der Waals surface area contributed by atoms with Gasteiger partial charge in [0.15, 0.2) is 0 Å². The number of hydrogen-bond donors (Lipinski definition) is 1. The summed E-state index contributed by atoms with van der Waals surface area (Å²) in [6, 6.07) is 24.5. The molecule has 1 amide bonds. The average Bonchev–Trinajstić information content (AvgIpc) is 2.64. The maximum absolute atomic E-state index is 12.9. The third-order valence-corrected chi connectivity index (χ3v) is 4.48. The predicted octanol–water partition coefficient (Wildman–Crippen LogP) is 5.44. The quantitative estimate of drug-likeness (QED) is 0.637. The van der Waals surface area contributed by atoms with Crippen LogP contribution in [-0.2, 0) is 11.3 Å². The Morgan fingerprint density at radius 1 is 0.760 bits per heavy atom. The van der Waals surface area contributed by atoms with Crippen LogP contribution in [0.1, 0.15) is 22.6 Å². The van der Waals surface area contributed by atoms with E-state index in [4.69, 9.17) is 23.2 Å². The van der Waals surface area contributed by atoms with Crippen LogP contribution in [0.5, 0.6) is 0 Å². The van der Waals surface area contributed by atoms with Crippen molar-refractivity contribution in [2.24, 2.45) is 0 Å². The van der Waals surface area contributed by atoms with E-state index in [9.17, 15) is 4.79 Å². The van der Waals surface area contributed by atoms with Gasteiger partial charge in [0, 0.05) is 16.6 Å². The Morgan fingerprint density at radius 3 is 1.72 bits per heavy atom. The van der Waals surface area contributed by atoms with E-state index in [-0.39, 0.29) is 5.91 Å². The highest BCUT2D eigenvalue weighted by molar-refractivity contribution is 6.30. The monoisotopic (exact) mass is 369 g/mol. The summed E-state index contributed by atoms with van der Waals surface area (Å²) in [5.74, 6) is -0.480. The second kappa shape index (κ2) is 8.19. The lowest BCUT2D eigenvalue weighted by Crippen LogP contribution is -2.29. The number of rotatable bonds is 5. The molecule has 3 rings (SSSR count). The molecular weight excluding hydrogens is 353 g/mol. The molecule has 0 unspecified atom stereocenters. The molecule has 0 aliphatic rings. The lowest BCUT2D eigenvalue weighted by Gasteiger charge is -2.18. The normalized spacial score (nSPS) is 10.7. The maximum Gasteiger partial charge on any atom is 0.232 e. The molecule has 0 heterocycles. The Kier molecular flexibility index (Phi) is 5.75. The Bertz CT molecular complexity index is 785. The minimum Gasteiger partial charge on any atom is -0.351 e. The SMILES string of the molecule is O=C(NCc1ccccc1)C(c1ccc(Cl)cc1)c1ccc(Cl)cc1. The first kappa shape index (κ1) is 17.5. The van der Waals surface area contributed by atoms with Crippen molar-refractivity contribution in [3.63, 3.8) is 0 Å². The minimum absolute atomic E-state index is 0.0616. The second-order valence-electron chi connectivity index (χ2n) is 5.74. The number of amides is 1. The summed E-state index contributed by atoms with van der Waals surface area (Å²) in [7, 11) is 0. The van der Waals surface area contributed by atoms with Crippen molar-refractivity contribution < 1.29 is 4.79 Å².